The molecule has 0 aliphatic carbocycles. The van der Waals surface area contributed by atoms with Gasteiger partial charge in [-0.2, -0.15) is 4.98 Å². The Kier molecular flexibility index (Phi) is 5.37. The molecule has 3 N–H and O–H groups in total. The summed E-state index contributed by atoms with van der Waals surface area (Å²) in [4.78, 5) is 15.2. The standard InChI is InChI=1S/C12H21N3O3S/c1-7(2)5-9-14-8(15-18-9)6-19-12(3,4)10(13)11(16)17/h7,10H,5-6,13H2,1-4H3,(H,16,17)/t10-/m1/s1. The fraction of sp³-hybridized carbons (Fsp3) is 0.750. The lowest BCUT2D eigenvalue weighted by atomic mass is 10.1. The minimum atomic E-state index is -1.01. The lowest BCUT2D eigenvalue weighted by molar-refractivity contribution is -0.139. The molecule has 108 valence electrons. The van der Waals surface area contributed by atoms with E-state index in [9.17, 15) is 4.79 Å². The zero-order chi connectivity index (χ0) is 14.6. The van der Waals surface area contributed by atoms with Crippen LogP contribution in [0.25, 0.3) is 0 Å². The number of hydrogen-bond acceptors (Lipinski definition) is 6. The number of carboxylic acid groups (broad SMARTS) is 1. The number of nitrogens with two attached hydrogens (primary N) is 1. The van der Waals surface area contributed by atoms with Crippen molar-refractivity contribution in [2.45, 2.75) is 50.7 Å². The lowest BCUT2D eigenvalue weighted by Gasteiger charge is -2.27. The molecule has 1 aromatic heterocycles. The van der Waals surface area contributed by atoms with Crippen LogP contribution in [0.5, 0.6) is 0 Å². The molecular formula is C12H21N3O3S. The van der Waals surface area contributed by atoms with E-state index in [0.717, 1.165) is 6.42 Å². The normalized spacial score (nSPS) is 13.8. The molecule has 0 bridgehead atoms. The van der Waals surface area contributed by atoms with Gasteiger partial charge >= 0.3 is 5.97 Å². The van der Waals surface area contributed by atoms with Crippen LogP contribution in [0.1, 0.15) is 39.4 Å². The molecule has 6 nitrogen and oxygen atoms in total. The maximum atomic E-state index is 10.9. The van der Waals surface area contributed by atoms with Gasteiger partial charge in [-0.25, -0.2) is 0 Å². The van der Waals surface area contributed by atoms with Gasteiger partial charge in [-0.1, -0.05) is 19.0 Å². The molecule has 1 heterocycles. The van der Waals surface area contributed by atoms with Gasteiger partial charge in [0.05, 0.1) is 5.75 Å². The maximum Gasteiger partial charge on any atom is 0.321 e. The summed E-state index contributed by atoms with van der Waals surface area (Å²) >= 11 is 1.41. The predicted molar refractivity (Wildman–Crippen MR) is 73.8 cm³/mol. The molecule has 0 aliphatic rings. The SMILES string of the molecule is CC(C)Cc1nc(CSC(C)(C)[C@H](N)C(=O)O)no1. The maximum absolute atomic E-state index is 10.9. The topological polar surface area (TPSA) is 102 Å². The van der Waals surface area contributed by atoms with Crippen LogP contribution in [0, 0.1) is 5.92 Å². The van der Waals surface area contributed by atoms with E-state index < -0.39 is 16.8 Å². The molecule has 0 aliphatic heterocycles. The first-order valence-corrected chi connectivity index (χ1v) is 7.14. The predicted octanol–water partition coefficient (Wildman–Crippen LogP) is 1.69. The van der Waals surface area contributed by atoms with Crippen LogP contribution in [0.2, 0.25) is 0 Å². The number of carboxylic acids is 1. The minimum Gasteiger partial charge on any atom is -0.480 e. The summed E-state index contributed by atoms with van der Waals surface area (Å²) in [6.45, 7) is 7.75. The summed E-state index contributed by atoms with van der Waals surface area (Å²) in [6.07, 6.45) is 0.746. The van der Waals surface area contributed by atoms with Crippen molar-refractivity contribution in [3.63, 3.8) is 0 Å². The van der Waals surface area contributed by atoms with E-state index in [2.05, 4.69) is 24.0 Å². The summed E-state index contributed by atoms with van der Waals surface area (Å²) in [7, 11) is 0. The summed E-state index contributed by atoms with van der Waals surface area (Å²) < 4.78 is 4.53. The Hall–Kier alpha value is -1.08. The molecule has 0 saturated carbocycles. The van der Waals surface area contributed by atoms with Crippen molar-refractivity contribution >= 4 is 17.7 Å². The van der Waals surface area contributed by atoms with Gasteiger partial charge in [-0.15, -0.1) is 11.8 Å². The first-order valence-electron chi connectivity index (χ1n) is 6.16. The van der Waals surface area contributed by atoms with Gasteiger partial charge in [-0.05, 0) is 19.8 Å². The van der Waals surface area contributed by atoms with Gasteiger partial charge in [-0.3, -0.25) is 4.79 Å². The third-order valence-corrected chi connectivity index (χ3v) is 4.08. The Balaban J connectivity index is 2.56. The molecule has 1 aromatic rings. The Morgan fingerprint density at radius 3 is 2.68 bits per heavy atom. The van der Waals surface area contributed by atoms with Gasteiger partial charge in [0.1, 0.15) is 6.04 Å². The van der Waals surface area contributed by atoms with Crippen LogP contribution >= 0.6 is 11.8 Å². The molecule has 0 aromatic carbocycles. The summed E-state index contributed by atoms with van der Waals surface area (Å²) in [6, 6.07) is -0.931. The fourth-order valence-electron chi connectivity index (χ4n) is 1.42. The van der Waals surface area contributed by atoms with Crippen molar-refractivity contribution < 1.29 is 14.4 Å². The minimum absolute atomic E-state index is 0.456. The van der Waals surface area contributed by atoms with Crippen LogP contribution in [0.3, 0.4) is 0 Å². The third kappa shape index (κ3) is 4.83. The van der Waals surface area contributed by atoms with E-state index in [0.29, 0.717) is 23.4 Å². The number of rotatable bonds is 7. The highest BCUT2D eigenvalue weighted by atomic mass is 32.2. The average Bonchev–Trinajstić information content (AvgIpc) is 2.72. The van der Waals surface area contributed by atoms with Gasteiger partial charge < -0.3 is 15.4 Å². The molecule has 0 radical (unpaired) electrons. The van der Waals surface area contributed by atoms with Crippen molar-refractivity contribution in [1.29, 1.82) is 0 Å². The Labute approximate surface area is 117 Å². The fourth-order valence-corrected chi connectivity index (χ4v) is 2.32. The average molecular weight is 287 g/mol. The van der Waals surface area contributed by atoms with E-state index in [4.69, 9.17) is 15.4 Å². The second-order valence-electron chi connectivity index (χ2n) is 5.41. The summed E-state index contributed by atoms with van der Waals surface area (Å²) in [5.41, 5.74) is 5.64. The zero-order valence-electron chi connectivity index (χ0n) is 11.7. The molecule has 0 fully saturated rings. The second kappa shape index (κ2) is 6.38. The van der Waals surface area contributed by atoms with Crippen molar-refractivity contribution in [1.82, 2.24) is 10.1 Å². The van der Waals surface area contributed by atoms with E-state index in [1.807, 2.05) is 0 Å². The highest BCUT2D eigenvalue weighted by Gasteiger charge is 2.32. The Morgan fingerprint density at radius 1 is 1.53 bits per heavy atom. The monoisotopic (exact) mass is 287 g/mol. The number of aromatic nitrogens is 2. The summed E-state index contributed by atoms with van der Waals surface area (Å²) in [5.74, 6) is 1.12. The van der Waals surface area contributed by atoms with Crippen LogP contribution in [-0.4, -0.2) is 32.0 Å². The third-order valence-electron chi connectivity index (χ3n) is 2.68. The molecule has 19 heavy (non-hydrogen) atoms. The van der Waals surface area contributed by atoms with E-state index >= 15 is 0 Å². The second-order valence-corrected chi connectivity index (χ2v) is 7.04. The number of hydrogen-bond donors (Lipinski definition) is 2. The lowest BCUT2D eigenvalue weighted by Crippen LogP contribution is -2.46. The summed E-state index contributed by atoms with van der Waals surface area (Å²) in [5, 5.41) is 12.8. The molecular weight excluding hydrogens is 266 g/mol. The van der Waals surface area contributed by atoms with E-state index in [-0.39, 0.29) is 0 Å². The molecule has 1 atom stereocenters. The van der Waals surface area contributed by atoms with Crippen molar-refractivity contribution in [2.24, 2.45) is 11.7 Å². The number of nitrogens with zero attached hydrogens (tertiary/aromatic N) is 2. The number of thioether (sulfide) groups is 1. The van der Waals surface area contributed by atoms with Crippen molar-refractivity contribution in [3.8, 4) is 0 Å². The van der Waals surface area contributed by atoms with Gasteiger partial charge in [0.15, 0.2) is 5.82 Å². The van der Waals surface area contributed by atoms with Crippen molar-refractivity contribution in [2.75, 3.05) is 0 Å². The van der Waals surface area contributed by atoms with Gasteiger partial charge in [0, 0.05) is 11.2 Å². The Morgan fingerprint density at radius 2 is 2.16 bits per heavy atom. The molecule has 0 unspecified atom stereocenters. The zero-order valence-corrected chi connectivity index (χ0v) is 12.5. The van der Waals surface area contributed by atoms with Crippen LogP contribution < -0.4 is 5.73 Å². The molecule has 1 rings (SSSR count). The van der Waals surface area contributed by atoms with Crippen molar-refractivity contribution in [3.05, 3.63) is 11.7 Å². The largest absolute Gasteiger partial charge is 0.480 e. The molecule has 0 amide bonds. The van der Waals surface area contributed by atoms with Crippen LogP contribution in [0.15, 0.2) is 4.52 Å². The number of aliphatic carboxylic acids is 1. The van der Waals surface area contributed by atoms with E-state index in [1.165, 1.54) is 11.8 Å². The van der Waals surface area contributed by atoms with Crippen LogP contribution in [0.4, 0.5) is 0 Å². The highest BCUT2D eigenvalue weighted by Crippen LogP contribution is 2.30. The first kappa shape index (κ1) is 16.0. The molecule has 0 spiro atoms. The quantitative estimate of drug-likeness (QED) is 0.786. The van der Waals surface area contributed by atoms with E-state index in [1.54, 1.807) is 13.8 Å². The van der Waals surface area contributed by atoms with Gasteiger partial charge in [0.2, 0.25) is 5.89 Å². The molecule has 7 heteroatoms. The number of carbonyl (C=O) groups is 1. The Bertz CT molecular complexity index is 432. The smallest absolute Gasteiger partial charge is 0.321 e. The molecule has 0 saturated heterocycles. The first-order chi connectivity index (χ1) is 8.72. The van der Waals surface area contributed by atoms with Gasteiger partial charge in [0.25, 0.3) is 0 Å². The van der Waals surface area contributed by atoms with Crippen LogP contribution in [-0.2, 0) is 17.0 Å². The highest BCUT2D eigenvalue weighted by molar-refractivity contribution is 7.99.